The van der Waals surface area contributed by atoms with Crippen molar-refractivity contribution in [3.63, 3.8) is 0 Å². The summed E-state index contributed by atoms with van der Waals surface area (Å²) in [6.07, 6.45) is 2.49. The number of nitrogens with one attached hydrogen (secondary N) is 1. The maximum atomic E-state index is 5.59. The normalized spacial score (nSPS) is 21.6. The molecule has 1 aliphatic rings. The average Bonchev–Trinajstić information content (AvgIpc) is 2.69. The number of rotatable bonds is 8. The fraction of sp³-hybridized carbons (Fsp3) is 1.00. The quantitative estimate of drug-likeness (QED) is 0.580. The van der Waals surface area contributed by atoms with Crippen molar-refractivity contribution in [1.82, 2.24) is 5.32 Å². The lowest BCUT2D eigenvalue weighted by Gasteiger charge is -2.10. The van der Waals surface area contributed by atoms with Crippen LogP contribution in [0.15, 0.2) is 0 Å². The van der Waals surface area contributed by atoms with Crippen molar-refractivity contribution in [2.75, 3.05) is 46.6 Å². The minimum atomic E-state index is 0.401. The third kappa shape index (κ3) is 5.54. The maximum absolute atomic E-state index is 5.59. The molecule has 1 rings (SSSR count). The molecule has 0 saturated carbocycles. The van der Waals surface area contributed by atoms with Crippen LogP contribution in [0.5, 0.6) is 0 Å². The summed E-state index contributed by atoms with van der Waals surface area (Å²) in [6, 6.07) is 0. The van der Waals surface area contributed by atoms with Gasteiger partial charge < -0.3 is 19.5 Å². The molecule has 1 fully saturated rings. The van der Waals surface area contributed by atoms with Crippen LogP contribution in [0.4, 0.5) is 0 Å². The molecule has 84 valence electrons. The Kier molecular flexibility index (Phi) is 6.95. The van der Waals surface area contributed by atoms with E-state index in [2.05, 4.69) is 5.32 Å². The number of hydrogen-bond donors (Lipinski definition) is 1. The largest absolute Gasteiger partial charge is 0.385 e. The van der Waals surface area contributed by atoms with Crippen LogP contribution in [-0.4, -0.2) is 52.7 Å². The van der Waals surface area contributed by atoms with Gasteiger partial charge in [0.05, 0.1) is 19.3 Å². The van der Waals surface area contributed by atoms with Gasteiger partial charge in [0, 0.05) is 26.9 Å². The summed E-state index contributed by atoms with van der Waals surface area (Å²) in [5.41, 5.74) is 0. The van der Waals surface area contributed by atoms with Crippen molar-refractivity contribution in [3.05, 3.63) is 0 Å². The van der Waals surface area contributed by atoms with E-state index in [0.29, 0.717) is 19.3 Å². The summed E-state index contributed by atoms with van der Waals surface area (Å²) >= 11 is 0. The molecule has 4 heteroatoms. The predicted octanol–water partition coefficient (Wildman–Crippen LogP) is 0.418. The Balaban J connectivity index is 1.75. The Morgan fingerprint density at radius 1 is 1.21 bits per heavy atom. The van der Waals surface area contributed by atoms with Gasteiger partial charge in [-0.15, -0.1) is 0 Å². The molecule has 0 aliphatic carbocycles. The predicted molar refractivity (Wildman–Crippen MR) is 54.5 cm³/mol. The fourth-order valence-electron chi connectivity index (χ4n) is 1.45. The molecule has 0 unspecified atom stereocenters. The lowest BCUT2D eigenvalue weighted by molar-refractivity contribution is 0.00911. The van der Waals surface area contributed by atoms with E-state index in [-0.39, 0.29) is 0 Å². The first-order valence-corrected chi connectivity index (χ1v) is 5.32. The molecule has 1 N–H and O–H groups in total. The van der Waals surface area contributed by atoms with E-state index in [1.807, 2.05) is 0 Å². The van der Waals surface area contributed by atoms with E-state index in [1.165, 1.54) is 0 Å². The van der Waals surface area contributed by atoms with Gasteiger partial charge in [-0.3, -0.25) is 0 Å². The summed E-state index contributed by atoms with van der Waals surface area (Å²) in [5, 5.41) is 3.26. The molecule has 0 aromatic heterocycles. The Morgan fingerprint density at radius 3 is 2.86 bits per heavy atom. The van der Waals surface area contributed by atoms with Crippen LogP contribution in [0.2, 0.25) is 0 Å². The first-order chi connectivity index (χ1) is 6.93. The van der Waals surface area contributed by atoms with Crippen molar-refractivity contribution in [2.45, 2.75) is 18.9 Å². The number of ether oxygens (including phenoxy) is 3. The molecule has 0 aromatic carbocycles. The Hall–Kier alpha value is -0.160. The highest BCUT2D eigenvalue weighted by Crippen LogP contribution is 2.02. The zero-order valence-corrected chi connectivity index (χ0v) is 8.96. The minimum absolute atomic E-state index is 0.401. The van der Waals surface area contributed by atoms with E-state index >= 15 is 0 Å². The standard InChI is InChI=1S/C10H21NO3/c1-12-5-2-6-13-7-8-14-10-3-4-11-9-10/h10-11H,2-9H2,1H3/t10-/m1/s1. The van der Waals surface area contributed by atoms with Gasteiger partial charge in [-0.25, -0.2) is 0 Å². The minimum Gasteiger partial charge on any atom is -0.385 e. The average molecular weight is 203 g/mol. The summed E-state index contributed by atoms with van der Waals surface area (Å²) < 4.78 is 15.9. The molecule has 1 saturated heterocycles. The molecule has 0 spiro atoms. The molecular weight excluding hydrogens is 182 g/mol. The summed E-state index contributed by atoms with van der Waals surface area (Å²) in [5.74, 6) is 0. The first kappa shape index (κ1) is 11.9. The van der Waals surface area contributed by atoms with Gasteiger partial charge in [0.2, 0.25) is 0 Å². The lowest BCUT2D eigenvalue weighted by Crippen LogP contribution is -2.19. The van der Waals surface area contributed by atoms with Gasteiger partial charge in [0.1, 0.15) is 0 Å². The van der Waals surface area contributed by atoms with E-state index in [9.17, 15) is 0 Å². The second-order valence-electron chi connectivity index (χ2n) is 3.44. The van der Waals surface area contributed by atoms with Crippen molar-refractivity contribution in [2.24, 2.45) is 0 Å². The second kappa shape index (κ2) is 8.17. The third-order valence-electron chi connectivity index (χ3n) is 2.23. The monoisotopic (exact) mass is 203 g/mol. The van der Waals surface area contributed by atoms with Gasteiger partial charge in [-0.05, 0) is 19.4 Å². The SMILES string of the molecule is COCCCOCCO[C@@H]1CCNC1. The zero-order chi connectivity index (χ0) is 10.1. The van der Waals surface area contributed by atoms with Crippen LogP contribution in [0.25, 0.3) is 0 Å². The van der Waals surface area contributed by atoms with Gasteiger partial charge in [0.15, 0.2) is 0 Å². The lowest BCUT2D eigenvalue weighted by atomic mass is 10.3. The van der Waals surface area contributed by atoms with Crippen LogP contribution in [-0.2, 0) is 14.2 Å². The van der Waals surface area contributed by atoms with E-state index in [0.717, 1.165) is 39.1 Å². The van der Waals surface area contributed by atoms with Gasteiger partial charge in [0.25, 0.3) is 0 Å². The summed E-state index contributed by atoms with van der Waals surface area (Å²) in [4.78, 5) is 0. The van der Waals surface area contributed by atoms with Gasteiger partial charge >= 0.3 is 0 Å². The highest BCUT2D eigenvalue weighted by molar-refractivity contribution is 4.70. The molecule has 0 aromatic rings. The van der Waals surface area contributed by atoms with Crippen molar-refractivity contribution < 1.29 is 14.2 Å². The molecule has 0 amide bonds. The van der Waals surface area contributed by atoms with Crippen LogP contribution in [0.1, 0.15) is 12.8 Å². The number of hydrogen-bond acceptors (Lipinski definition) is 4. The molecule has 14 heavy (non-hydrogen) atoms. The molecular formula is C10H21NO3. The highest BCUT2D eigenvalue weighted by Gasteiger charge is 2.13. The molecule has 1 aliphatic heterocycles. The molecule has 0 bridgehead atoms. The van der Waals surface area contributed by atoms with E-state index in [4.69, 9.17) is 14.2 Å². The smallest absolute Gasteiger partial charge is 0.0712 e. The first-order valence-electron chi connectivity index (χ1n) is 5.32. The van der Waals surface area contributed by atoms with Crippen molar-refractivity contribution in [1.29, 1.82) is 0 Å². The van der Waals surface area contributed by atoms with Crippen LogP contribution in [0, 0.1) is 0 Å². The third-order valence-corrected chi connectivity index (χ3v) is 2.23. The Bertz CT molecular complexity index is 127. The van der Waals surface area contributed by atoms with Crippen molar-refractivity contribution >= 4 is 0 Å². The summed E-state index contributed by atoms with van der Waals surface area (Å²) in [7, 11) is 1.70. The maximum Gasteiger partial charge on any atom is 0.0712 e. The summed E-state index contributed by atoms with van der Waals surface area (Å²) in [6.45, 7) is 5.01. The second-order valence-corrected chi connectivity index (χ2v) is 3.44. The van der Waals surface area contributed by atoms with Crippen molar-refractivity contribution in [3.8, 4) is 0 Å². The topological polar surface area (TPSA) is 39.7 Å². The fourth-order valence-corrected chi connectivity index (χ4v) is 1.45. The Labute approximate surface area is 85.9 Å². The van der Waals surface area contributed by atoms with E-state index in [1.54, 1.807) is 7.11 Å². The Morgan fingerprint density at radius 2 is 2.14 bits per heavy atom. The highest BCUT2D eigenvalue weighted by atomic mass is 16.5. The van der Waals surface area contributed by atoms with Gasteiger partial charge in [-0.1, -0.05) is 0 Å². The molecule has 1 atom stereocenters. The van der Waals surface area contributed by atoms with Crippen LogP contribution in [0.3, 0.4) is 0 Å². The molecule has 4 nitrogen and oxygen atoms in total. The zero-order valence-electron chi connectivity index (χ0n) is 8.96. The molecule has 0 radical (unpaired) electrons. The van der Waals surface area contributed by atoms with E-state index < -0.39 is 0 Å². The van der Waals surface area contributed by atoms with Crippen LogP contribution >= 0.6 is 0 Å². The van der Waals surface area contributed by atoms with Crippen LogP contribution < -0.4 is 5.32 Å². The number of methoxy groups -OCH3 is 1. The molecule has 1 heterocycles. The van der Waals surface area contributed by atoms with Gasteiger partial charge in [-0.2, -0.15) is 0 Å².